The van der Waals surface area contributed by atoms with Gasteiger partial charge in [0.1, 0.15) is 5.49 Å². The summed E-state index contributed by atoms with van der Waals surface area (Å²) < 4.78 is 14.2. The molecule has 2 aromatic carbocycles. The Balaban J connectivity index is 2.33. The van der Waals surface area contributed by atoms with Gasteiger partial charge >= 0.3 is 5.69 Å². The molecule has 0 saturated carbocycles. The topological polar surface area (TPSA) is 57.8 Å². The zero-order valence-corrected chi connectivity index (χ0v) is 19.4. The quantitative estimate of drug-likeness (QED) is 0.591. The van der Waals surface area contributed by atoms with Crippen molar-refractivity contribution >= 4 is 5.69 Å². The van der Waals surface area contributed by atoms with Crippen molar-refractivity contribution in [1.29, 1.82) is 0 Å². The van der Waals surface area contributed by atoms with E-state index in [0.717, 1.165) is 34.5 Å². The second kappa shape index (κ2) is 9.25. The highest BCUT2D eigenvalue weighted by Gasteiger charge is 2.13. The number of aryl methyl sites for hydroxylation is 3. The standard InChI is InChI=1S/C25H31N3O3/c1-8-11-28-20(19-9-10-21(30-6)22(14-19)31-7)15-23(27(5)25(28)29)26-24-17(3)12-16(2)13-18(24)4/h9-10,12-15H,8,11H2,1-7H3. The van der Waals surface area contributed by atoms with E-state index in [0.29, 0.717) is 23.5 Å². The number of aromatic nitrogens is 2. The minimum Gasteiger partial charge on any atom is -0.493 e. The highest BCUT2D eigenvalue weighted by Crippen LogP contribution is 2.32. The van der Waals surface area contributed by atoms with E-state index < -0.39 is 0 Å². The molecular weight excluding hydrogens is 390 g/mol. The first kappa shape index (κ1) is 22.4. The number of hydrogen-bond donors (Lipinski definition) is 0. The van der Waals surface area contributed by atoms with Crippen molar-refractivity contribution in [3.05, 3.63) is 69.1 Å². The van der Waals surface area contributed by atoms with Crippen LogP contribution in [0.25, 0.3) is 11.3 Å². The molecule has 31 heavy (non-hydrogen) atoms. The maximum Gasteiger partial charge on any atom is 0.329 e. The first-order valence-electron chi connectivity index (χ1n) is 10.5. The molecule has 0 radical (unpaired) electrons. The Morgan fingerprint density at radius 2 is 1.58 bits per heavy atom. The van der Waals surface area contributed by atoms with E-state index in [9.17, 15) is 4.79 Å². The molecule has 0 bridgehead atoms. The molecule has 1 aromatic heterocycles. The first-order valence-corrected chi connectivity index (χ1v) is 10.5. The molecule has 0 N–H and O–H groups in total. The summed E-state index contributed by atoms with van der Waals surface area (Å²) in [6, 6.07) is 11.9. The van der Waals surface area contributed by atoms with Crippen LogP contribution in [0.4, 0.5) is 5.69 Å². The fraction of sp³-hybridized carbons (Fsp3) is 0.360. The molecular formula is C25H31N3O3. The Hall–Kier alpha value is -3.28. The van der Waals surface area contributed by atoms with Gasteiger partial charge < -0.3 is 9.47 Å². The van der Waals surface area contributed by atoms with E-state index >= 15 is 0 Å². The van der Waals surface area contributed by atoms with Crippen LogP contribution in [0.15, 0.2) is 46.2 Å². The Morgan fingerprint density at radius 3 is 2.16 bits per heavy atom. The number of rotatable bonds is 6. The second-order valence-electron chi connectivity index (χ2n) is 7.81. The highest BCUT2D eigenvalue weighted by atomic mass is 16.5. The molecule has 6 nitrogen and oxygen atoms in total. The van der Waals surface area contributed by atoms with Gasteiger partial charge in [0.05, 0.1) is 25.6 Å². The molecule has 0 unspecified atom stereocenters. The molecule has 0 amide bonds. The van der Waals surface area contributed by atoms with Crippen molar-refractivity contribution in [1.82, 2.24) is 9.13 Å². The predicted octanol–water partition coefficient (Wildman–Crippen LogP) is 4.44. The van der Waals surface area contributed by atoms with Gasteiger partial charge in [-0.05, 0) is 56.5 Å². The summed E-state index contributed by atoms with van der Waals surface area (Å²) in [5.41, 5.74) is 6.44. The van der Waals surface area contributed by atoms with Crippen LogP contribution in [-0.4, -0.2) is 23.4 Å². The Morgan fingerprint density at radius 1 is 0.935 bits per heavy atom. The van der Waals surface area contributed by atoms with E-state index in [1.54, 1.807) is 30.4 Å². The number of hydrogen-bond acceptors (Lipinski definition) is 4. The van der Waals surface area contributed by atoms with Crippen LogP contribution in [0.5, 0.6) is 11.5 Å². The zero-order chi connectivity index (χ0) is 22.7. The van der Waals surface area contributed by atoms with Gasteiger partial charge in [-0.3, -0.25) is 9.13 Å². The van der Waals surface area contributed by atoms with Crippen LogP contribution in [0.2, 0.25) is 0 Å². The lowest BCUT2D eigenvalue weighted by molar-refractivity contribution is 0.355. The fourth-order valence-electron chi connectivity index (χ4n) is 3.92. The lowest BCUT2D eigenvalue weighted by Crippen LogP contribution is -2.39. The van der Waals surface area contributed by atoms with Crippen LogP contribution >= 0.6 is 0 Å². The van der Waals surface area contributed by atoms with Gasteiger partial charge in [-0.1, -0.05) is 24.6 Å². The number of benzene rings is 2. The van der Waals surface area contributed by atoms with Gasteiger partial charge in [0.25, 0.3) is 0 Å². The van der Waals surface area contributed by atoms with E-state index in [1.807, 2.05) is 38.1 Å². The maximum absolute atomic E-state index is 13.3. The molecule has 0 aliphatic heterocycles. The summed E-state index contributed by atoms with van der Waals surface area (Å²) in [6.07, 6.45) is 0.840. The van der Waals surface area contributed by atoms with Crippen LogP contribution in [-0.2, 0) is 13.6 Å². The third kappa shape index (κ3) is 4.43. The Kier molecular flexibility index (Phi) is 6.68. The van der Waals surface area contributed by atoms with Crippen LogP contribution in [0.1, 0.15) is 30.0 Å². The van der Waals surface area contributed by atoms with Crippen molar-refractivity contribution in [2.45, 2.75) is 40.7 Å². The van der Waals surface area contributed by atoms with Crippen molar-refractivity contribution in [2.24, 2.45) is 12.0 Å². The minimum absolute atomic E-state index is 0.102. The van der Waals surface area contributed by atoms with Crippen molar-refractivity contribution in [3.63, 3.8) is 0 Å². The monoisotopic (exact) mass is 421 g/mol. The van der Waals surface area contributed by atoms with Crippen molar-refractivity contribution in [3.8, 4) is 22.8 Å². The number of nitrogens with zero attached hydrogens (tertiary/aromatic N) is 3. The Labute approximate surface area is 183 Å². The second-order valence-corrected chi connectivity index (χ2v) is 7.81. The third-order valence-corrected chi connectivity index (χ3v) is 5.41. The number of ether oxygens (including phenoxy) is 2. The van der Waals surface area contributed by atoms with Gasteiger partial charge in [-0.15, -0.1) is 0 Å². The molecule has 0 aliphatic rings. The molecule has 164 valence electrons. The summed E-state index contributed by atoms with van der Waals surface area (Å²) in [6.45, 7) is 8.84. The molecule has 3 rings (SSSR count). The summed E-state index contributed by atoms with van der Waals surface area (Å²) in [7, 11) is 4.98. The smallest absolute Gasteiger partial charge is 0.329 e. The normalized spacial score (nSPS) is 11.6. The zero-order valence-electron chi connectivity index (χ0n) is 19.4. The lowest BCUT2D eigenvalue weighted by atomic mass is 10.1. The fourth-order valence-corrected chi connectivity index (χ4v) is 3.92. The summed E-state index contributed by atoms with van der Waals surface area (Å²) >= 11 is 0. The molecule has 0 atom stereocenters. The highest BCUT2D eigenvalue weighted by molar-refractivity contribution is 5.64. The summed E-state index contributed by atoms with van der Waals surface area (Å²) in [5.74, 6) is 1.26. The molecule has 0 aliphatic carbocycles. The van der Waals surface area contributed by atoms with Gasteiger partial charge in [0.2, 0.25) is 0 Å². The van der Waals surface area contributed by atoms with Crippen molar-refractivity contribution in [2.75, 3.05) is 14.2 Å². The largest absolute Gasteiger partial charge is 0.493 e. The summed E-state index contributed by atoms with van der Waals surface area (Å²) in [4.78, 5) is 18.2. The van der Waals surface area contributed by atoms with Gasteiger partial charge in [-0.25, -0.2) is 9.79 Å². The molecule has 0 fully saturated rings. The van der Waals surface area contributed by atoms with E-state index in [-0.39, 0.29) is 5.69 Å². The van der Waals surface area contributed by atoms with Crippen LogP contribution in [0, 0.1) is 20.8 Å². The maximum atomic E-state index is 13.3. The van der Waals surface area contributed by atoms with E-state index in [1.165, 1.54) is 5.56 Å². The summed E-state index contributed by atoms with van der Waals surface area (Å²) in [5, 5.41) is 0. The minimum atomic E-state index is -0.102. The first-order chi connectivity index (χ1) is 14.8. The average molecular weight is 422 g/mol. The molecule has 6 heteroatoms. The average Bonchev–Trinajstić information content (AvgIpc) is 2.74. The SMILES string of the molecule is CCCn1c(-c2ccc(OC)c(OC)c2)cc(=Nc2c(C)cc(C)cc2C)n(C)c1=O. The van der Waals surface area contributed by atoms with Gasteiger partial charge in [0, 0.05) is 25.2 Å². The van der Waals surface area contributed by atoms with E-state index in [4.69, 9.17) is 14.5 Å². The predicted molar refractivity (Wildman–Crippen MR) is 124 cm³/mol. The van der Waals surface area contributed by atoms with Gasteiger partial charge in [0.15, 0.2) is 11.5 Å². The Bertz CT molecular complexity index is 1210. The van der Waals surface area contributed by atoms with E-state index in [2.05, 4.69) is 26.0 Å². The lowest BCUT2D eigenvalue weighted by Gasteiger charge is -2.16. The third-order valence-electron chi connectivity index (χ3n) is 5.41. The number of methoxy groups -OCH3 is 2. The molecule has 0 spiro atoms. The van der Waals surface area contributed by atoms with Crippen LogP contribution in [0.3, 0.4) is 0 Å². The van der Waals surface area contributed by atoms with Crippen LogP contribution < -0.4 is 20.7 Å². The van der Waals surface area contributed by atoms with Crippen molar-refractivity contribution < 1.29 is 9.47 Å². The molecule has 3 aromatic rings. The molecule has 0 saturated heterocycles. The van der Waals surface area contributed by atoms with Gasteiger partial charge in [-0.2, -0.15) is 0 Å². The molecule has 1 heterocycles.